The lowest BCUT2D eigenvalue weighted by molar-refractivity contribution is -0.286. The first kappa shape index (κ1) is 15.0. The molecule has 1 aromatic rings. The Balaban J connectivity index is 1.75. The molecule has 120 valence electrons. The second-order valence-corrected chi connectivity index (χ2v) is 5.38. The van der Waals surface area contributed by atoms with Crippen molar-refractivity contribution in [3.05, 3.63) is 18.2 Å². The van der Waals surface area contributed by atoms with E-state index in [0.29, 0.717) is 31.7 Å². The standard InChI is InChI=1S/C14H16F2N2O4/c15-14(16)21-10-2-1-9(7-11(10)22-14)18-12(19)13(8-17)3-5-20-6-4-13/h1-2,7H,3-6,8,17H2,(H,18,19). The summed E-state index contributed by atoms with van der Waals surface area (Å²) in [4.78, 5) is 12.5. The quantitative estimate of drug-likeness (QED) is 0.887. The predicted molar refractivity (Wildman–Crippen MR) is 72.8 cm³/mol. The van der Waals surface area contributed by atoms with Gasteiger partial charge in [0.15, 0.2) is 11.5 Å². The number of amides is 1. The second-order valence-electron chi connectivity index (χ2n) is 5.38. The van der Waals surface area contributed by atoms with E-state index in [9.17, 15) is 13.6 Å². The lowest BCUT2D eigenvalue weighted by Crippen LogP contribution is -2.46. The van der Waals surface area contributed by atoms with E-state index in [0.717, 1.165) is 0 Å². The van der Waals surface area contributed by atoms with E-state index < -0.39 is 11.7 Å². The van der Waals surface area contributed by atoms with Crippen LogP contribution in [0.4, 0.5) is 14.5 Å². The molecular formula is C14H16F2N2O4. The average Bonchev–Trinajstić information content (AvgIpc) is 2.81. The van der Waals surface area contributed by atoms with Gasteiger partial charge in [0.05, 0.1) is 5.41 Å². The van der Waals surface area contributed by atoms with Crippen LogP contribution in [-0.2, 0) is 9.53 Å². The number of anilines is 1. The molecule has 0 aliphatic carbocycles. The molecule has 0 radical (unpaired) electrons. The van der Waals surface area contributed by atoms with Crippen LogP contribution in [0.3, 0.4) is 0 Å². The van der Waals surface area contributed by atoms with Gasteiger partial charge in [-0.2, -0.15) is 0 Å². The van der Waals surface area contributed by atoms with Crippen molar-refractivity contribution in [2.24, 2.45) is 11.1 Å². The molecule has 0 atom stereocenters. The highest BCUT2D eigenvalue weighted by molar-refractivity contribution is 5.95. The maximum atomic E-state index is 13.0. The number of hydrogen-bond acceptors (Lipinski definition) is 5. The monoisotopic (exact) mass is 314 g/mol. The molecule has 0 bridgehead atoms. The molecular weight excluding hydrogens is 298 g/mol. The van der Waals surface area contributed by atoms with E-state index in [-0.39, 0.29) is 24.0 Å². The molecule has 2 aliphatic heterocycles. The van der Waals surface area contributed by atoms with Crippen molar-refractivity contribution in [3.8, 4) is 11.5 Å². The van der Waals surface area contributed by atoms with Crippen LogP contribution in [0.1, 0.15) is 12.8 Å². The molecule has 22 heavy (non-hydrogen) atoms. The number of alkyl halides is 2. The van der Waals surface area contributed by atoms with Crippen molar-refractivity contribution in [2.45, 2.75) is 19.1 Å². The van der Waals surface area contributed by atoms with E-state index in [1.54, 1.807) is 0 Å². The third kappa shape index (κ3) is 2.71. The molecule has 1 saturated heterocycles. The summed E-state index contributed by atoms with van der Waals surface area (Å²) in [5.41, 5.74) is 5.41. The van der Waals surface area contributed by atoms with Gasteiger partial charge in [-0.05, 0) is 25.0 Å². The van der Waals surface area contributed by atoms with Gasteiger partial charge in [-0.25, -0.2) is 0 Å². The minimum absolute atomic E-state index is 0.0670. The highest BCUT2D eigenvalue weighted by Crippen LogP contribution is 2.42. The Morgan fingerprint density at radius 2 is 1.91 bits per heavy atom. The van der Waals surface area contributed by atoms with Gasteiger partial charge in [0.25, 0.3) is 0 Å². The topological polar surface area (TPSA) is 82.8 Å². The van der Waals surface area contributed by atoms with Crippen molar-refractivity contribution in [1.29, 1.82) is 0 Å². The van der Waals surface area contributed by atoms with Crippen molar-refractivity contribution in [2.75, 3.05) is 25.1 Å². The molecule has 8 heteroatoms. The fourth-order valence-corrected chi connectivity index (χ4v) is 2.58. The zero-order valence-corrected chi connectivity index (χ0v) is 11.7. The number of nitrogens with two attached hydrogens (primary N) is 1. The maximum Gasteiger partial charge on any atom is 0.586 e. The number of carbonyl (C=O) groups is 1. The zero-order valence-electron chi connectivity index (χ0n) is 11.7. The van der Waals surface area contributed by atoms with Crippen LogP contribution in [0.5, 0.6) is 11.5 Å². The SMILES string of the molecule is NCC1(C(=O)Nc2ccc3c(c2)OC(F)(F)O3)CCOCC1. The summed E-state index contributed by atoms with van der Waals surface area (Å²) in [5, 5.41) is 2.71. The van der Waals surface area contributed by atoms with Gasteiger partial charge in [-0.15, -0.1) is 8.78 Å². The molecule has 0 unspecified atom stereocenters. The minimum atomic E-state index is -3.68. The van der Waals surface area contributed by atoms with Gasteiger partial charge in [0.2, 0.25) is 5.91 Å². The van der Waals surface area contributed by atoms with Gasteiger partial charge in [-0.1, -0.05) is 0 Å². The zero-order chi connectivity index (χ0) is 15.8. The van der Waals surface area contributed by atoms with Gasteiger partial charge in [0, 0.05) is 31.5 Å². The molecule has 2 heterocycles. The smallest absolute Gasteiger partial charge is 0.395 e. The molecule has 0 spiro atoms. The summed E-state index contributed by atoms with van der Waals surface area (Å²) in [6, 6.07) is 4.10. The molecule has 3 N–H and O–H groups in total. The van der Waals surface area contributed by atoms with Gasteiger partial charge < -0.3 is 25.3 Å². The van der Waals surface area contributed by atoms with Crippen LogP contribution < -0.4 is 20.5 Å². The summed E-state index contributed by atoms with van der Waals surface area (Å²) < 4.78 is 39.9. The van der Waals surface area contributed by atoms with E-state index in [2.05, 4.69) is 14.8 Å². The summed E-state index contributed by atoms with van der Waals surface area (Å²) >= 11 is 0. The number of ether oxygens (including phenoxy) is 3. The Kier molecular flexibility index (Phi) is 3.65. The summed E-state index contributed by atoms with van der Waals surface area (Å²) in [7, 11) is 0. The van der Waals surface area contributed by atoms with Crippen LogP contribution in [-0.4, -0.2) is 32.0 Å². The highest BCUT2D eigenvalue weighted by Gasteiger charge is 2.44. The van der Waals surface area contributed by atoms with Gasteiger partial charge >= 0.3 is 6.29 Å². The number of nitrogens with one attached hydrogen (secondary N) is 1. The van der Waals surface area contributed by atoms with Crippen LogP contribution in [0.25, 0.3) is 0 Å². The van der Waals surface area contributed by atoms with Crippen molar-refractivity contribution in [3.63, 3.8) is 0 Å². The fourth-order valence-electron chi connectivity index (χ4n) is 2.58. The Bertz CT molecular complexity index is 588. The van der Waals surface area contributed by atoms with E-state index in [1.165, 1.54) is 18.2 Å². The predicted octanol–water partition coefficient (Wildman–Crippen LogP) is 1.70. The normalized spacial score (nSPS) is 21.4. The van der Waals surface area contributed by atoms with Gasteiger partial charge in [-0.3, -0.25) is 4.79 Å². The Morgan fingerprint density at radius 1 is 1.23 bits per heavy atom. The van der Waals surface area contributed by atoms with E-state index >= 15 is 0 Å². The molecule has 6 nitrogen and oxygen atoms in total. The van der Waals surface area contributed by atoms with E-state index in [1.807, 2.05) is 0 Å². The average molecular weight is 314 g/mol. The van der Waals surface area contributed by atoms with Crippen LogP contribution in [0.15, 0.2) is 18.2 Å². The molecule has 2 aliphatic rings. The van der Waals surface area contributed by atoms with E-state index in [4.69, 9.17) is 10.5 Å². The molecule has 0 saturated carbocycles. The summed E-state index contributed by atoms with van der Waals surface area (Å²) in [6.45, 7) is 1.14. The third-order valence-electron chi connectivity index (χ3n) is 3.98. The highest BCUT2D eigenvalue weighted by atomic mass is 19.3. The van der Waals surface area contributed by atoms with Crippen molar-refractivity contribution >= 4 is 11.6 Å². The Morgan fingerprint density at radius 3 is 2.59 bits per heavy atom. The number of halogens is 2. The number of rotatable bonds is 3. The molecule has 3 rings (SSSR count). The second kappa shape index (κ2) is 5.36. The Hall–Kier alpha value is -1.93. The first-order chi connectivity index (χ1) is 10.4. The molecule has 1 fully saturated rings. The largest absolute Gasteiger partial charge is 0.586 e. The van der Waals surface area contributed by atoms with Crippen LogP contribution in [0, 0.1) is 5.41 Å². The first-order valence-corrected chi connectivity index (χ1v) is 6.93. The third-order valence-corrected chi connectivity index (χ3v) is 3.98. The lowest BCUT2D eigenvalue weighted by Gasteiger charge is -2.34. The Labute approximate surface area is 125 Å². The number of hydrogen-bond donors (Lipinski definition) is 2. The summed E-state index contributed by atoms with van der Waals surface area (Å²) in [5.74, 6) is -0.428. The molecule has 0 aromatic heterocycles. The minimum Gasteiger partial charge on any atom is -0.395 e. The number of carbonyl (C=O) groups excluding carboxylic acids is 1. The molecule has 1 aromatic carbocycles. The van der Waals surface area contributed by atoms with Crippen LogP contribution >= 0.6 is 0 Å². The fraction of sp³-hybridized carbons (Fsp3) is 0.500. The number of fused-ring (bicyclic) bond motifs is 1. The maximum absolute atomic E-state index is 13.0. The molecule has 1 amide bonds. The van der Waals surface area contributed by atoms with Crippen LogP contribution in [0.2, 0.25) is 0 Å². The van der Waals surface area contributed by atoms with Gasteiger partial charge in [0.1, 0.15) is 0 Å². The number of benzene rings is 1. The van der Waals surface area contributed by atoms with Crippen molar-refractivity contribution < 1.29 is 27.8 Å². The van der Waals surface area contributed by atoms with Crippen molar-refractivity contribution in [1.82, 2.24) is 0 Å². The summed E-state index contributed by atoms with van der Waals surface area (Å²) in [6.07, 6.45) is -2.62. The first-order valence-electron chi connectivity index (χ1n) is 6.93. The lowest BCUT2D eigenvalue weighted by atomic mass is 9.79.